The molecule has 141 heavy (non-hydrogen) atoms. The number of aliphatic hydroxyl groups is 8. The van der Waals surface area contributed by atoms with Crippen molar-refractivity contribution in [1.82, 2.24) is 58.1 Å². The minimum Gasteiger partial charge on any atom is -0.393 e. The van der Waals surface area contributed by atoms with Crippen molar-refractivity contribution in [1.29, 1.82) is 0 Å². The van der Waals surface area contributed by atoms with Gasteiger partial charge < -0.3 is 59.1 Å². The molecule has 0 spiro atoms. The quantitative estimate of drug-likeness (QED) is 0.0329. The molecule has 16 aromatic rings. The van der Waals surface area contributed by atoms with Gasteiger partial charge in [0.05, 0.1) is 115 Å². The molecule has 12 unspecified atom stereocenters. The zero-order chi connectivity index (χ0) is 96.5. The minimum atomic E-state index is -0.375. The number of hydrogen-bond acceptors (Lipinski definition) is 16. The largest absolute Gasteiger partial charge is 0.393 e. The molecule has 0 saturated heterocycles. The molecular formula is C117H142Ir4N12O8-4. The summed E-state index contributed by atoms with van der Waals surface area (Å²) in [5, 5.41) is 73.6. The molecule has 12 atom stereocenters. The third-order valence-corrected chi connectivity index (χ3v) is 28.7. The van der Waals surface area contributed by atoms with E-state index in [4.69, 9.17) is 60.8 Å². The van der Waals surface area contributed by atoms with Crippen LogP contribution in [0.25, 0.3) is 133 Å². The van der Waals surface area contributed by atoms with Crippen LogP contribution in [0.2, 0.25) is 0 Å². The van der Waals surface area contributed by atoms with Gasteiger partial charge in [0.2, 0.25) is 0 Å². The number of hydrogen-bond donors (Lipinski definition) is 8. The molecule has 7 aliphatic carbocycles. The Morgan fingerprint density at radius 1 is 0.298 bits per heavy atom. The maximum Gasteiger partial charge on any atom is 0.106 e. The summed E-state index contributed by atoms with van der Waals surface area (Å²) in [5.74, 6) is 6.53. The number of aliphatic hydroxyl groups excluding tert-OH is 8. The van der Waals surface area contributed by atoms with E-state index in [-0.39, 0.29) is 129 Å². The van der Waals surface area contributed by atoms with Gasteiger partial charge in [-0.1, -0.05) is 81.3 Å². The Hall–Kier alpha value is -8.44. The fraction of sp³-hybridized carbons (Fsp3) is 0.453. The van der Waals surface area contributed by atoms with Crippen molar-refractivity contribution in [3.05, 3.63) is 242 Å². The normalized spacial score (nSPS) is 19.0. The Balaban J connectivity index is 0.000000163. The van der Waals surface area contributed by atoms with Gasteiger partial charge in [0.25, 0.3) is 0 Å². The van der Waals surface area contributed by atoms with Crippen molar-refractivity contribution >= 4 is 87.7 Å². The second-order valence-electron chi connectivity index (χ2n) is 39.5. The molecule has 0 amide bonds. The van der Waals surface area contributed by atoms with E-state index in [1.165, 1.54) is 175 Å². The molecular weight excluding hydrogens is 2470 g/mol. The van der Waals surface area contributed by atoms with Gasteiger partial charge in [-0.25, -0.2) is 19.9 Å². The number of aromatic nitrogens is 12. The van der Waals surface area contributed by atoms with E-state index in [1.54, 1.807) is 80.7 Å². The summed E-state index contributed by atoms with van der Waals surface area (Å²) in [6.07, 6.45) is 29.1. The van der Waals surface area contributed by atoms with Crippen molar-refractivity contribution < 1.29 is 121 Å². The van der Waals surface area contributed by atoms with Gasteiger partial charge in [0.15, 0.2) is 0 Å². The van der Waals surface area contributed by atoms with Gasteiger partial charge in [-0.05, 0) is 279 Å². The Kier molecular flexibility index (Phi) is 42.9. The van der Waals surface area contributed by atoms with Crippen LogP contribution in [-0.4, -0.2) is 148 Å². The molecule has 7 fully saturated rings. The smallest absolute Gasteiger partial charge is 0.106 e. The Morgan fingerprint density at radius 2 is 0.645 bits per heavy atom. The SMILES string of the molecule is CC(O)CC(C)O.CC(O)CC(C)O.CC(O)CC(C)O.CC(O)CC(C)O.CCn1c2cc(C3CCCC3)ccc2c2ncnc(-c3[c-]cccc3)c21.CCn1c2ccc(C3CC4CC3C4)cc2c2ncnc(-c3[c-]cccc3)c21.CCn1c2ccc(C3CCCCC3)cc2c2ncnc(-c3[c-]cccc3)c21.CCn1c2cccc(C3CC4CCCC3C4)c2c2ncnc(-c3[c-]cccc3)c21.[Ir].[Ir].[Ir].[Ir]. The van der Waals surface area contributed by atoms with E-state index in [0.29, 0.717) is 37.5 Å². The molecule has 4 bridgehead atoms. The fourth-order valence-corrected chi connectivity index (χ4v) is 22.9. The predicted octanol–water partition coefficient (Wildman–Crippen LogP) is 24.3. The molecule has 4 radical (unpaired) electrons. The Morgan fingerprint density at radius 3 is 1.02 bits per heavy atom. The van der Waals surface area contributed by atoms with Crippen molar-refractivity contribution in [2.45, 2.75) is 317 Å². The number of nitrogens with zero attached hydrogens (tertiary/aromatic N) is 12. The first-order chi connectivity index (χ1) is 66.4. The van der Waals surface area contributed by atoms with Gasteiger partial charge >= 0.3 is 0 Å². The monoisotopic (exact) mass is 2610 g/mol. The average Bonchev–Trinajstić information content (AvgIpc) is 1.57. The maximum atomic E-state index is 8.56. The number of fused-ring (bicyclic) bond motifs is 15. The third-order valence-electron chi connectivity index (χ3n) is 28.7. The zero-order valence-electron chi connectivity index (χ0n) is 83.7. The molecule has 8 aromatic heterocycles. The fourth-order valence-electron chi connectivity index (χ4n) is 22.9. The van der Waals surface area contributed by atoms with Crippen LogP contribution < -0.4 is 0 Å². The summed E-state index contributed by atoms with van der Waals surface area (Å²) in [5.41, 5.74) is 27.9. The Labute approximate surface area is 886 Å². The third kappa shape index (κ3) is 27.1. The van der Waals surface area contributed by atoms with Gasteiger partial charge in [-0.2, -0.15) is 0 Å². The first-order valence-corrected chi connectivity index (χ1v) is 50.8. The number of aryl methyl sites for hydroxylation is 4. The molecule has 8 heterocycles. The van der Waals surface area contributed by atoms with E-state index in [9.17, 15) is 0 Å². The van der Waals surface area contributed by atoms with Crippen LogP contribution in [0.1, 0.15) is 264 Å². The van der Waals surface area contributed by atoms with E-state index < -0.39 is 0 Å². The van der Waals surface area contributed by atoms with Crippen LogP contribution in [0.4, 0.5) is 0 Å². The number of rotatable bonds is 20. The van der Waals surface area contributed by atoms with Crippen LogP contribution in [0.15, 0.2) is 195 Å². The van der Waals surface area contributed by atoms with E-state index in [0.717, 1.165) is 151 Å². The summed E-state index contributed by atoms with van der Waals surface area (Å²) < 4.78 is 9.50. The summed E-state index contributed by atoms with van der Waals surface area (Å²) in [6.45, 7) is 25.7. The summed E-state index contributed by atoms with van der Waals surface area (Å²) in [4.78, 5) is 37.5. The maximum absolute atomic E-state index is 8.56. The Bertz CT molecular complexity index is 6510. The molecule has 24 heteroatoms. The van der Waals surface area contributed by atoms with Gasteiger partial charge in [0, 0.05) is 151 Å². The topological polar surface area (TPSA) is 285 Å². The van der Waals surface area contributed by atoms with Crippen LogP contribution >= 0.6 is 0 Å². The standard InChI is InChI=1S/C26H26N3.C24H22N3.C24H24N3.C23H22N3.4C5H12O2.4Ir/c1-2-29-22-13-7-12-20(21-15-17-8-6-11-19(21)14-17)23(22)25-26(29)24(27-16-28-25)18-9-4-3-5-10-18;1-2-27-21-9-8-17(19-12-15-10-18(19)11-15)13-20(21)23-24(27)22(25-14-26-23)16-6-4-3-5-7-16;1-2-27-21-14-13-19(17-9-5-3-6-10-17)15-20(21)23-24(27)22(25-16-26-23)18-11-7-4-8-12-18;1-2-26-20-14-18(16-8-6-7-9-16)12-13-19(20)22-23(26)21(24-15-25-22)17-10-4-3-5-11-17;4*1-4(6)3-5(2)7;;;;/h3-5,7,9,12-13,16-17,19,21H,2,6,8,11,14-15H2,1H3;3-6,8-9,13-15,18-19H,2,10-12H2,1H3;4,7-8,11,13-17H,2-3,5-6,9-10H2,1H3;3-5,10,12-16H,2,6-9H2,1H3;4*4-7H,3H2,1-2H3;;;;/q4*-1;;;;;;;;. The van der Waals surface area contributed by atoms with Gasteiger partial charge in [-0.3, -0.25) is 19.9 Å². The molecule has 23 rings (SSSR count). The average molecular weight is 2610 g/mol. The van der Waals surface area contributed by atoms with Crippen molar-refractivity contribution in [2.24, 2.45) is 23.7 Å². The van der Waals surface area contributed by atoms with Crippen LogP contribution in [-0.2, 0) is 107 Å². The van der Waals surface area contributed by atoms with E-state index in [2.05, 4.69) is 193 Å². The summed E-state index contributed by atoms with van der Waals surface area (Å²) in [6, 6.07) is 73.7. The van der Waals surface area contributed by atoms with E-state index in [1.807, 2.05) is 66.7 Å². The first kappa shape index (κ1) is 113. The molecule has 0 aliphatic heterocycles. The van der Waals surface area contributed by atoms with Crippen molar-refractivity contribution in [2.75, 3.05) is 0 Å². The molecule has 8 N–H and O–H groups in total. The van der Waals surface area contributed by atoms with E-state index >= 15 is 0 Å². The van der Waals surface area contributed by atoms with Crippen LogP contribution in [0, 0.1) is 47.9 Å². The van der Waals surface area contributed by atoms with Gasteiger partial charge in [0.1, 0.15) is 25.3 Å². The molecule has 758 valence electrons. The molecule has 8 aromatic carbocycles. The summed E-state index contributed by atoms with van der Waals surface area (Å²) in [7, 11) is 0. The van der Waals surface area contributed by atoms with Crippen LogP contribution in [0.3, 0.4) is 0 Å². The predicted molar refractivity (Wildman–Crippen MR) is 555 cm³/mol. The second kappa shape index (κ2) is 53.6. The number of benzene rings is 8. The van der Waals surface area contributed by atoms with Crippen molar-refractivity contribution in [3.63, 3.8) is 0 Å². The molecule has 7 saturated carbocycles. The van der Waals surface area contributed by atoms with Crippen molar-refractivity contribution in [3.8, 4) is 45.0 Å². The first-order valence-electron chi connectivity index (χ1n) is 50.8. The minimum absolute atomic E-state index is 0. The zero-order valence-corrected chi connectivity index (χ0v) is 93.2. The second-order valence-corrected chi connectivity index (χ2v) is 39.5. The van der Waals surface area contributed by atoms with Crippen LogP contribution in [0.5, 0.6) is 0 Å². The summed E-state index contributed by atoms with van der Waals surface area (Å²) >= 11 is 0. The van der Waals surface area contributed by atoms with Gasteiger partial charge in [-0.15, -0.1) is 144 Å². The molecule has 20 nitrogen and oxygen atoms in total. The molecule has 7 aliphatic rings.